The van der Waals surface area contributed by atoms with Crippen molar-refractivity contribution in [3.05, 3.63) is 29.8 Å². The third-order valence-corrected chi connectivity index (χ3v) is 4.70. The second-order valence-electron chi connectivity index (χ2n) is 6.16. The van der Waals surface area contributed by atoms with E-state index in [2.05, 4.69) is 19.2 Å². The van der Waals surface area contributed by atoms with Crippen LogP contribution in [-0.2, 0) is 16.0 Å². The van der Waals surface area contributed by atoms with Gasteiger partial charge in [-0.1, -0.05) is 51.8 Å². The van der Waals surface area contributed by atoms with E-state index in [1.807, 2.05) is 31.2 Å². The molecular formula is C19H29NO4. The molecule has 0 aliphatic heterocycles. The van der Waals surface area contributed by atoms with Crippen molar-refractivity contribution in [1.82, 2.24) is 5.32 Å². The van der Waals surface area contributed by atoms with Crippen LogP contribution in [-0.4, -0.2) is 30.6 Å². The van der Waals surface area contributed by atoms with Crippen molar-refractivity contribution in [2.45, 2.75) is 40.0 Å². The van der Waals surface area contributed by atoms with E-state index in [0.717, 1.165) is 18.4 Å². The Hall–Kier alpha value is -2.04. The molecule has 0 aliphatic carbocycles. The molecular weight excluding hydrogens is 306 g/mol. The summed E-state index contributed by atoms with van der Waals surface area (Å²) in [5.74, 6) is -0.797. The fraction of sp³-hybridized carbons (Fsp3) is 0.579. The zero-order valence-electron chi connectivity index (χ0n) is 15.0. The minimum absolute atomic E-state index is 0.0741. The number of para-hydroxylation sites is 1. The van der Waals surface area contributed by atoms with Crippen LogP contribution in [0.5, 0.6) is 5.75 Å². The quantitative estimate of drug-likeness (QED) is 0.689. The topological polar surface area (TPSA) is 75.6 Å². The van der Waals surface area contributed by atoms with E-state index in [-0.39, 0.29) is 18.4 Å². The number of benzene rings is 1. The molecule has 5 nitrogen and oxygen atoms in total. The molecule has 0 saturated carbocycles. The first-order valence-electron chi connectivity index (χ1n) is 8.56. The molecule has 0 bridgehead atoms. The number of amides is 1. The van der Waals surface area contributed by atoms with Gasteiger partial charge in [0.2, 0.25) is 5.91 Å². The Morgan fingerprint density at radius 1 is 1.21 bits per heavy atom. The number of nitrogens with one attached hydrogen (secondary N) is 1. The molecule has 0 aromatic heterocycles. The predicted octanol–water partition coefficient (Wildman–Crippen LogP) is 3.13. The maximum absolute atomic E-state index is 12.3. The van der Waals surface area contributed by atoms with E-state index < -0.39 is 11.9 Å². The van der Waals surface area contributed by atoms with Crippen LogP contribution in [0.1, 0.15) is 39.2 Å². The second kappa shape index (κ2) is 9.96. The molecule has 2 unspecified atom stereocenters. The summed E-state index contributed by atoms with van der Waals surface area (Å²) < 4.78 is 5.27. The lowest BCUT2D eigenvalue weighted by molar-refractivity contribution is -0.141. The number of hydrogen-bond acceptors (Lipinski definition) is 3. The summed E-state index contributed by atoms with van der Waals surface area (Å²) in [7, 11) is 1.56. The Labute approximate surface area is 144 Å². The zero-order chi connectivity index (χ0) is 18.1. The average molecular weight is 335 g/mol. The number of rotatable bonds is 10. The molecule has 1 rings (SSSR count). The van der Waals surface area contributed by atoms with Crippen LogP contribution in [0.4, 0.5) is 0 Å². The van der Waals surface area contributed by atoms with E-state index >= 15 is 0 Å². The number of carboxylic acids is 1. The number of hydrogen-bond donors (Lipinski definition) is 2. The summed E-state index contributed by atoms with van der Waals surface area (Å²) >= 11 is 0. The fourth-order valence-electron chi connectivity index (χ4n) is 2.98. The number of aliphatic carboxylic acids is 1. The molecule has 2 N–H and O–H groups in total. The summed E-state index contributed by atoms with van der Waals surface area (Å²) in [6.45, 7) is 6.17. The molecule has 0 aliphatic rings. The summed E-state index contributed by atoms with van der Waals surface area (Å²) in [4.78, 5) is 23.8. The molecule has 0 radical (unpaired) electrons. The summed E-state index contributed by atoms with van der Waals surface area (Å²) in [6, 6.07) is 7.35. The van der Waals surface area contributed by atoms with Crippen molar-refractivity contribution in [1.29, 1.82) is 0 Å². The number of ether oxygens (including phenoxy) is 1. The van der Waals surface area contributed by atoms with Gasteiger partial charge in [-0.15, -0.1) is 0 Å². The highest BCUT2D eigenvalue weighted by atomic mass is 16.5. The van der Waals surface area contributed by atoms with Crippen LogP contribution < -0.4 is 10.1 Å². The molecule has 0 fully saturated rings. The molecule has 1 amide bonds. The average Bonchev–Trinajstić information content (AvgIpc) is 2.59. The van der Waals surface area contributed by atoms with Gasteiger partial charge in [-0.3, -0.25) is 9.59 Å². The molecule has 1 aromatic rings. The first kappa shape index (κ1) is 20.0. The van der Waals surface area contributed by atoms with Gasteiger partial charge in [-0.25, -0.2) is 0 Å². The standard InChI is InChI=1S/C19H29NO4/c1-5-14(6-2)13(3)18(21)20-12-16(19(22)23)11-15-9-7-8-10-17(15)24-4/h7-10,13-14,16H,5-6,11-12H2,1-4H3,(H,20,21)(H,22,23). The second-order valence-corrected chi connectivity index (χ2v) is 6.16. The van der Waals surface area contributed by atoms with E-state index in [0.29, 0.717) is 18.1 Å². The van der Waals surface area contributed by atoms with Gasteiger partial charge in [0, 0.05) is 12.5 Å². The molecule has 1 aromatic carbocycles. The van der Waals surface area contributed by atoms with E-state index in [1.165, 1.54) is 0 Å². The molecule has 0 spiro atoms. The van der Waals surface area contributed by atoms with Crippen molar-refractivity contribution in [2.24, 2.45) is 17.8 Å². The smallest absolute Gasteiger partial charge is 0.308 e. The summed E-state index contributed by atoms with van der Waals surface area (Å²) in [5, 5.41) is 12.3. The van der Waals surface area contributed by atoms with Gasteiger partial charge < -0.3 is 15.2 Å². The molecule has 0 saturated heterocycles. The third kappa shape index (κ3) is 5.55. The number of methoxy groups -OCH3 is 1. The molecule has 5 heteroatoms. The first-order valence-corrected chi connectivity index (χ1v) is 8.56. The Bertz CT molecular complexity index is 540. The number of carbonyl (C=O) groups excluding carboxylic acids is 1. The van der Waals surface area contributed by atoms with Gasteiger partial charge in [0.1, 0.15) is 5.75 Å². The Morgan fingerprint density at radius 3 is 2.38 bits per heavy atom. The summed E-state index contributed by atoms with van der Waals surface area (Å²) in [6.07, 6.45) is 2.20. The molecule has 2 atom stereocenters. The first-order chi connectivity index (χ1) is 11.4. The van der Waals surface area contributed by atoms with Crippen molar-refractivity contribution in [3.63, 3.8) is 0 Å². The lowest BCUT2D eigenvalue weighted by Crippen LogP contribution is -2.38. The third-order valence-electron chi connectivity index (χ3n) is 4.70. The Kier molecular flexibility index (Phi) is 8.30. The highest BCUT2D eigenvalue weighted by Crippen LogP contribution is 2.22. The molecule has 24 heavy (non-hydrogen) atoms. The Morgan fingerprint density at radius 2 is 1.83 bits per heavy atom. The normalized spacial score (nSPS) is 13.4. The van der Waals surface area contributed by atoms with Crippen molar-refractivity contribution in [3.8, 4) is 5.75 Å². The van der Waals surface area contributed by atoms with Gasteiger partial charge in [-0.05, 0) is 24.0 Å². The summed E-state index contributed by atoms with van der Waals surface area (Å²) in [5.41, 5.74) is 0.828. The predicted molar refractivity (Wildman–Crippen MR) is 94.1 cm³/mol. The van der Waals surface area contributed by atoms with E-state index in [1.54, 1.807) is 7.11 Å². The van der Waals surface area contributed by atoms with Gasteiger partial charge in [0.05, 0.1) is 13.0 Å². The van der Waals surface area contributed by atoms with Gasteiger partial charge in [0.15, 0.2) is 0 Å². The monoisotopic (exact) mass is 335 g/mol. The minimum Gasteiger partial charge on any atom is -0.496 e. The maximum Gasteiger partial charge on any atom is 0.308 e. The number of carbonyl (C=O) groups is 2. The largest absolute Gasteiger partial charge is 0.496 e. The Balaban J connectivity index is 2.70. The molecule has 0 heterocycles. The molecule has 134 valence electrons. The fourth-order valence-corrected chi connectivity index (χ4v) is 2.98. The van der Waals surface area contributed by atoms with Crippen LogP contribution in [0, 0.1) is 17.8 Å². The van der Waals surface area contributed by atoms with Gasteiger partial charge in [0.25, 0.3) is 0 Å². The van der Waals surface area contributed by atoms with Crippen molar-refractivity contribution >= 4 is 11.9 Å². The lowest BCUT2D eigenvalue weighted by atomic mass is 9.88. The SMILES string of the molecule is CCC(CC)C(C)C(=O)NCC(Cc1ccccc1OC)C(=O)O. The van der Waals surface area contributed by atoms with Crippen LogP contribution in [0.25, 0.3) is 0 Å². The maximum atomic E-state index is 12.3. The highest BCUT2D eigenvalue weighted by molar-refractivity contribution is 5.79. The zero-order valence-corrected chi connectivity index (χ0v) is 15.0. The van der Waals surface area contributed by atoms with Crippen LogP contribution in [0.3, 0.4) is 0 Å². The lowest BCUT2D eigenvalue weighted by Gasteiger charge is -2.22. The van der Waals surface area contributed by atoms with Crippen molar-refractivity contribution in [2.75, 3.05) is 13.7 Å². The minimum atomic E-state index is -0.920. The van der Waals surface area contributed by atoms with E-state index in [4.69, 9.17) is 4.74 Å². The van der Waals surface area contributed by atoms with Crippen LogP contribution >= 0.6 is 0 Å². The van der Waals surface area contributed by atoms with Crippen LogP contribution in [0.15, 0.2) is 24.3 Å². The van der Waals surface area contributed by atoms with Gasteiger partial charge >= 0.3 is 5.97 Å². The van der Waals surface area contributed by atoms with E-state index in [9.17, 15) is 14.7 Å². The number of carboxylic acid groups (broad SMARTS) is 1. The highest BCUT2D eigenvalue weighted by Gasteiger charge is 2.24. The van der Waals surface area contributed by atoms with Crippen molar-refractivity contribution < 1.29 is 19.4 Å². The van der Waals surface area contributed by atoms with Gasteiger partial charge in [-0.2, -0.15) is 0 Å². The van der Waals surface area contributed by atoms with Crippen LogP contribution in [0.2, 0.25) is 0 Å².